The topological polar surface area (TPSA) is 69.6 Å². The molecule has 0 aliphatic heterocycles. The Balaban J connectivity index is 2.07. The minimum atomic E-state index is 0.515. The molecular formula is C15H19N5S. The number of aromatic nitrogens is 4. The Morgan fingerprint density at radius 1 is 1.33 bits per heavy atom. The second kappa shape index (κ2) is 5.89. The van der Waals surface area contributed by atoms with Crippen LogP contribution < -0.4 is 5.73 Å². The van der Waals surface area contributed by atoms with E-state index in [9.17, 15) is 0 Å². The van der Waals surface area contributed by atoms with E-state index >= 15 is 0 Å². The molecule has 2 N–H and O–H groups in total. The van der Waals surface area contributed by atoms with Crippen LogP contribution in [0.15, 0.2) is 29.6 Å². The van der Waals surface area contributed by atoms with E-state index in [0.29, 0.717) is 11.8 Å². The number of thioether (sulfide) groups is 1. The van der Waals surface area contributed by atoms with E-state index in [1.54, 1.807) is 34.9 Å². The molecule has 0 saturated carbocycles. The predicted molar refractivity (Wildman–Crippen MR) is 86.3 cm³/mol. The Hall–Kier alpha value is -1.82. The number of nitrogens with zero attached hydrogens (tertiary/aromatic N) is 4. The third-order valence-corrected chi connectivity index (χ3v) is 4.49. The highest BCUT2D eigenvalue weighted by atomic mass is 32.2. The standard InChI is InChI=1S/C15H19N5S/c1-10-4-6-11(7-5-10)12-13(16)20(19-14(12)21-2)15-17-8-3-9-18-15/h3,6,8-10H,4-5,7,16H2,1-2H3. The molecule has 1 unspecified atom stereocenters. The summed E-state index contributed by atoms with van der Waals surface area (Å²) >= 11 is 1.61. The van der Waals surface area contributed by atoms with Gasteiger partial charge in [-0.05, 0) is 43.1 Å². The second-order valence-electron chi connectivity index (χ2n) is 5.34. The van der Waals surface area contributed by atoms with Crippen molar-refractivity contribution >= 4 is 23.2 Å². The van der Waals surface area contributed by atoms with Crippen molar-refractivity contribution in [1.82, 2.24) is 19.7 Å². The molecule has 0 fully saturated rings. The van der Waals surface area contributed by atoms with Gasteiger partial charge in [-0.25, -0.2) is 9.97 Å². The monoisotopic (exact) mass is 301 g/mol. The average Bonchev–Trinajstić information content (AvgIpc) is 2.86. The van der Waals surface area contributed by atoms with E-state index in [1.807, 2.05) is 6.26 Å². The Labute approximate surface area is 128 Å². The minimum Gasteiger partial charge on any atom is -0.383 e. The molecule has 2 heterocycles. The van der Waals surface area contributed by atoms with Crippen molar-refractivity contribution in [3.8, 4) is 5.95 Å². The summed E-state index contributed by atoms with van der Waals surface area (Å²) < 4.78 is 1.64. The molecule has 3 rings (SSSR count). The van der Waals surface area contributed by atoms with Gasteiger partial charge in [-0.2, -0.15) is 9.78 Å². The van der Waals surface area contributed by atoms with E-state index in [0.717, 1.165) is 29.3 Å². The summed E-state index contributed by atoms with van der Waals surface area (Å²) in [5.41, 5.74) is 8.70. The average molecular weight is 301 g/mol. The van der Waals surface area contributed by atoms with Crippen LogP contribution in [0.2, 0.25) is 0 Å². The first-order chi connectivity index (χ1) is 10.2. The second-order valence-corrected chi connectivity index (χ2v) is 6.13. The fourth-order valence-corrected chi connectivity index (χ4v) is 3.20. The molecular weight excluding hydrogens is 282 g/mol. The lowest BCUT2D eigenvalue weighted by atomic mass is 9.88. The van der Waals surface area contributed by atoms with Gasteiger partial charge in [0, 0.05) is 12.4 Å². The lowest BCUT2D eigenvalue weighted by molar-refractivity contribution is 0.533. The number of nitrogens with two attached hydrogens (primary N) is 1. The van der Waals surface area contributed by atoms with Gasteiger partial charge in [0.1, 0.15) is 10.8 Å². The maximum atomic E-state index is 6.34. The van der Waals surface area contributed by atoms with Crippen molar-refractivity contribution in [2.75, 3.05) is 12.0 Å². The predicted octanol–water partition coefficient (Wildman–Crippen LogP) is 3.17. The highest BCUT2D eigenvalue weighted by Gasteiger charge is 2.22. The lowest BCUT2D eigenvalue weighted by Gasteiger charge is -2.18. The Morgan fingerprint density at radius 2 is 2.10 bits per heavy atom. The van der Waals surface area contributed by atoms with Crippen LogP contribution in [-0.2, 0) is 0 Å². The zero-order chi connectivity index (χ0) is 14.8. The molecule has 0 bridgehead atoms. The lowest BCUT2D eigenvalue weighted by Crippen LogP contribution is -2.07. The van der Waals surface area contributed by atoms with Gasteiger partial charge in [0.05, 0.1) is 5.56 Å². The highest BCUT2D eigenvalue weighted by Crippen LogP contribution is 2.38. The number of hydrogen-bond donors (Lipinski definition) is 1. The van der Waals surface area contributed by atoms with Crippen LogP contribution in [-0.4, -0.2) is 26.0 Å². The molecule has 1 aliphatic rings. The van der Waals surface area contributed by atoms with Crippen molar-refractivity contribution in [2.45, 2.75) is 31.2 Å². The Kier molecular flexibility index (Phi) is 3.96. The highest BCUT2D eigenvalue weighted by molar-refractivity contribution is 7.98. The van der Waals surface area contributed by atoms with Crippen LogP contribution in [0, 0.1) is 5.92 Å². The molecule has 110 valence electrons. The van der Waals surface area contributed by atoms with Gasteiger partial charge in [-0.3, -0.25) is 0 Å². The summed E-state index contributed by atoms with van der Waals surface area (Å²) in [6, 6.07) is 1.78. The van der Waals surface area contributed by atoms with Crippen molar-refractivity contribution in [3.63, 3.8) is 0 Å². The summed E-state index contributed by atoms with van der Waals surface area (Å²) in [7, 11) is 0. The third kappa shape index (κ3) is 2.68. The third-order valence-electron chi connectivity index (χ3n) is 3.82. The maximum Gasteiger partial charge on any atom is 0.252 e. The molecule has 0 amide bonds. The molecule has 0 aromatic carbocycles. The van der Waals surface area contributed by atoms with E-state index in [2.05, 4.69) is 28.1 Å². The number of anilines is 1. The Morgan fingerprint density at radius 3 is 2.71 bits per heavy atom. The van der Waals surface area contributed by atoms with Crippen LogP contribution in [0.1, 0.15) is 31.7 Å². The van der Waals surface area contributed by atoms with Gasteiger partial charge in [0.25, 0.3) is 5.95 Å². The van der Waals surface area contributed by atoms with Crippen LogP contribution in [0.25, 0.3) is 11.5 Å². The molecule has 6 heteroatoms. The normalized spacial score (nSPS) is 18.6. The van der Waals surface area contributed by atoms with Gasteiger partial charge in [-0.1, -0.05) is 13.0 Å². The summed E-state index contributed by atoms with van der Waals surface area (Å²) in [5, 5.41) is 5.53. The zero-order valence-electron chi connectivity index (χ0n) is 12.3. The van der Waals surface area contributed by atoms with Crippen molar-refractivity contribution < 1.29 is 0 Å². The van der Waals surface area contributed by atoms with Crippen molar-refractivity contribution in [3.05, 3.63) is 30.1 Å². The van der Waals surface area contributed by atoms with Crippen LogP contribution in [0.4, 0.5) is 5.82 Å². The first-order valence-corrected chi connectivity index (χ1v) is 8.32. The number of hydrogen-bond acceptors (Lipinski definition) is 5. The summed E-state index contributed by atoms with van der Waals surface area (Å²) in [6.45, 7) is 2.29. The van der Waals surface area contributed by atoms with E-state index in [1.165, 1.54) is 12.0 Å². The Bertz CT molecular complexity index is 662. The molecule has 1 atom stereocenters. The first-order valence-electron chi connectivity index (χ1n) is 7.10. The van der Waals surface area contributed by atoms with Gasteiger partial charge < -0.3 is 5.73 Å². The van der Waals surface area contributed by atoms with Crippen molar-refractivity contribution in [2.24, 2.45) is 5.92 Å². The number of rotatable bonds is 3. The number of nitrogen functional groups attached to an aromatic ring is 1. The molecule has 0 saturated heterocycles. The van der Waals surface area contributed by atoms with Crippen LogP contribution in [0.5, 0.6) is 0 Å². The molecule has 2 aromatic rings. The number of allylic oxidation sites excluding steroid dienone is 2. The fraction of sp³-hybridized carbons (Fsp3) is 0.400. The molecule has 21 heavy (non-hydrogen) atoms. The van der Waals surface area contributed by atoms with E-state index < -0.39 is 0 Å². The minimum absolute atomic E-state index is 0.515. The van der Waals surface area contributed by atoms with Gasteiger partial charge in [0.15, 0.2) is 0 Å². The van der Waals surface area contributed by atoms with Crippen LogP contribution >= 0.6 is 11.8 Å². The quantitative estimate of drug-likeness (QED) is 0.882. The van der Waals surface area contributed by atoms with Crippen LogP contribution in [0.3, 0.4) is 0 Å². The summed E-state index contributed by atoms with van der Waals surface area (Å²) in [5.74, 6) is 1.90. The largest absolute Gasteiger partial charge is 0.383 e. The van der Waals surface area contributed by atoms with Gasteiger partial charge >= 0.3 is 0 Å². The van der Waals surface area contributed by atoms with Crippen molar-refractivity contribution in [1.29, 1.82) is 0 Å². The van der Waals surface area contributed by atoms with E-state index in [4.69, 9.17) is 5.73 Å². The molecule has 0 radical (unpaired) electrons. The molecule has 0 spiro atoms. The maximum absolute atomic E-state index is 6.34. The molecule has 5 nitrogen and oxygen atoms in total. The first kappa shape index (κ1) is 14.1. The fourth-order valence-electron chi connectivity index (χ4n) is 2.60. The van der Waals surface area contributed by atoms with E-state index in [-0.39, 0.29) is 0 Å². The molecule has 1 aliphatic carbocycles. The van der Waals surface area contributed by atoms with Gasteiger partial charge in [-0.15, -0.1) is 11.8 Å². The SMILES string of the molecule is CSc1nn(-c2ncccn2)c(N)c1C1=CCC(C)CC1. The molecule has 2 aromatic heterocycles. The summed E-state index contributed by atoms with van der Waals surface area (Å²) in [4.78, 5) is 8.47. The summed E-state index contributed by atoms with van der Waals surface area (Å²) in [6.07, 6.45) is 11.1. The van der Waals surface area contributed by atoms with Gasteiger partial charge in [0.2, 0.25) is 0 Å². The zero-order valence-corrected chi connectivity index (χ0v) is 13.1. The smallest absolute Gasteiger partial charge is 0.252 e.